The van der Waals surface area contributed by atoms with Crippen LogP contribution in [0.2, 0.25) is 0 Å². The quantitative estimate of drug-likeness (QED) is 0.479. The van der Waals surface area contributed by atoms with E-state index in [4.69, 9.17) is 4.74 Å². The number of ketones is 1. The molecular formula is C29H46O6. The van der Waals surface area contributed by atoms with Gasteiger partial charge in [-0.15, -0.1) is 0 Å². The van der Waals surface area contributed by atoms with Gasteiger partial charge in [0.15, 0.2) is 5.78 Å². The van der Waals surface area contributed by atoms with Crippen molar-refractivity contribution in [3.8, 4) is 0 Å². The highest BCUT2D eigenvalue weighted by Crippen LogP contribution is 2.68. The van der Waals surface area contributed by atoms with Gasteiger partial charge < -0.3 is 20.1 Å². The molecular weight excluding hydrogens is 444 g/mol. The first-order valence-corrected chi connectivity index (χ1v) is 13.7. The third-order valence-electron chi connectivity index (χ3n) is 10.7. The molecule has 0 aromatic heterocycles. The second-order valence-corrected chi connectivity index (χ2v) is 13.4. The van der Waals surface area contributed by atoms with Crippen LogP contribution < -0.4 is 0 Å². The number of rotatable bonds is 6. The summed E-state index contributed by atoms with van der Waals surface area (Å²) >= 11 is 0. The molecule has 0 saturated heterocycles. The minimum Gasteiger partial charge on any atom is -0.462 e. The van der Waals surface area contributed by atoms with Crippen molar-refractivity contribution in [2.75, 3.05) is 0 Å². The van der Waals surface area contributed by atoms with E-state index in [0.717, 1.165) is 31.3 Å². The van der Waals surface area contributed by atoms with E-state index in [9.17, 15) is 24.9 Å². The topological polar surface area (TPSA) is 104 Å². The average Bonchev–Trinajstić information content (AvgIpc) is 3.03. The molecule has 198 valence electrons. The molecule has 3 saturated carbocycles. The number of hydrogen-bond donors (Lipinski definition) is 3. The Morgan fingerprint density at radius 3 is 2.49 bits per heavy atom. The number of carbonyl (C=O) groups excluding carboxylic acids is 2. The van der Waals surface area contributed by atoms with Crippen molar-refractivity contribution >= 4 is 11.8 Å². The lowest BCUT2D eigenvalue weighted by Crippen LogP contribution is -2.59. The smallest absolute Gasteiger partial charge is 0.302 e. The standard InChI is InChI=1S/C29H46O6/c1-17(25(35-18(2)30)10-11-26(3,4)33)20-9-14-29(34)22-16-24(32)23-15-19(31)7-12-27(23,5)21(22)8-13-28(20,29)6/h16-17,19-21,23,25,31,33-34H,7-15H2,1-6H3/t17-,19-,20?,21?,23-,25+,27+,28+,29+/m0/s1. The molecule has 0 aromatic carbocycles. The summed E-state index contributed by atoms with van der Waals surface area (Å²) < 4.78 is 5.77. The molecule has 6 heteroatoms. The van der Waals surface area contributed by atoms with Crippen molar-refractivity contribution < 1.29 is 29.6 Å². The van der Waals surface area contributed by atoms with E-state index < -0.39 is 22.7 Å². The number of carbonyl (C=O) groups is 2. The second kappa shape index (κ2) is 8.95. The molecule has 6 nitrogen and oxygen atoms in total. The highest BCUT2D eigenvalue weighted by Gasteiger charge is 2.66. The number of allylic oxidation sites excluding steroid dienone is 1. The monoisotopic (exact) mass is 490 g/mol. The minimum absolute atomic E-state index is 0.0184. The lowest BCUT2D eigenvalue weighted by Gasteiger charge is -2.59. The van der Waals surface area contributed by atoms with E-state index in [-0.39, 0.29) is 46.9 Å². The maximum absolute atomic E-state index is 13.3. The van der Waals surface area contributed by atoms with Crippen LogP contribution in [0.3, 0.4) is 0 Å². The summed E-state index contributed by atoms with van der Waals surface area (Å²) in [5.74, 6) is -0.115. The molecule has 0 amide bonds. The van der Waals surface area contributed by atoms with Crippen LogP contribution in [0.1, 0.15) is 99.3 Å². The molecule has 0 radical (unpaired) electrons. The minimum atomic E-state index is -1.05. The van der Waals surface area contributed by atoms with Crippen LogP contribution >= 0.6 is 0 Å². The largest absolute Gasteiger partial charge is 0.462 e. The van der Waals surface area contributed by atoms with Gasteiger partial charge in [-0.25, -0.2) is 0 Å². The van der Waals surface area contributed by atoms with E-state index in [1.165, 1.54) is 6.92 Å². The predicted octanol–water partition coefficient (Wildman–Crippen LogP) is 4.34. The first-order valence-electron chi connectivity index (χ1n) is 13.7. The molecule has 0 aromatic rings. The fourth-order valence-electron chi connectivity index (χ4n) is 8.60. The third-order valence-corrected chi connectivity index (χ3v) is 10.7. The average molecular weight is 491 g/mol. The van der Waals surface area contributed by atoms with Gasteiger partial charge in [0.25, 0.3) is 0 Å². The first-order chi connectivity index (χ1) is 16.1. The summed E-state index contributed by atoms with van der Waals surface area (Å²) in [6.07, 6.45) is 7.35. The van der Waals surface area contributed by atoms with E-state index in [1.54, 1.807) is 19.9 Å². The Bertz CT molecular complexity index is 888. The van der Waals surface area contributed by atoms with Crippen molar-refractivity contribution in [3.05, 3.63) is 11.6 Å². The zero-order valence-corrected chi connectivity index (χ0v) is 22.5. The molecule has 4 aliphatic carbocycles. The van der Waals surface area contributed by atoms with E-state index in [0.29, 0.717) is 32.1 Å². The van der Waals surface area contributed by atoms with Gasteiger partial charge in [-0.05, 0) is 106 Å². The maximum Gasteiger partial charge on any atom is 0.302 e. The Hall–Kier alpha value is -1.24. The Kier molecular flexibility index (Phi) is 6.86. The van der Waals surface area contributed by atoms with Gasteiger partial charge in [-0.3, -0.25) is 9.59 Å². The summed E-state index contributed by atoms with van der Waals surface area (Å²) in [5.41, 5.74) is -1.61. The molecule has 35 heavy (non-hydrogen) atoms. The van der Waals surface area contributed by atoms with Crippen molar-refractivity contribution in [3.63, 3.8) is 0 Å². The molecule has 4 rings (SSSR count). The molecule has 0 spiro atoms. The highest BCUT2D eigenvalue weighted by molar-refractivity contribution is 5.95. The zero-order chi connectivity index (χ0) is 26.0. The Morgan fingerprint density at radius 2 is 1.86 bits per heavy atom. The van der Waals surface area contributed by atoms with E-state index in [1.807, 2.05) is 0 Å². The molecule has 3 fully saturated rings. The van der Waals surface area contributed by atoms with Gasteiger partial charge in [0.2, 0.25) is 0 Å². The SMILES string of the molecule is CC(=O)O[C@H](CCC(C)(C)O)[C@@H](C)C1CC[C@@]2(O)C3=CC(=O)[C@@H]4C[C@@H](O)CC[C@]4(C)C3CC[C@]12C. The van der Waals surface area contributed by atoms with Crippen LogP contribution in [-0.2, 0) is 14.3 Å². The van der Waals surface area contributed by atoms with Crippen molar-refractivity contribution in [2.24, 2.45) is 34.5 Å². The van der Waals surface area contributed by atoms with Crippen LogP contribution in [0, 0.1) is 34.5 Å². The van der Waals surface area contributed by atoms with Gasteiger partial charge in [0.05, 0.1) is 17.3 Å². The number of ether oxygens (including phenoxy) is 1. The fourth-order valence-corrected chi connectivity index (χ4v) is 8.60. The normalized spacial score (nSPS) is 42.9. The highest BCUT2D eigenvalue weighted by atomic mass is 16.5. The molecule has 0 heterocycles. The summed E-state index contributed by atoms with van der Waals surface area (Å²) in [6.45, 7) is 11.5. The van der Waals surface area contributed by atoms with Crippen LogP contribution in [-0.4, -0.2) is 50.5 Å². The van der Waals surface area contributed by atoms with Crippen LogP contribution in [0.5, 0.6) is 0 Å². The van der Waals surface area contributed by atoms with Crippen molar-refractivity contribution in [2.45, 2.75) is 123 Å². The van der Waals surface area contributed by atoms with Crippen molar-refractivity contribution in [1.82, 2.24) is 0 Å². The van der Waals surface area contributed by atoms with E-state index in [2.05, 4.69) is 20.8 Å². The first kappa shape index (κ1) is 26.8. The van der Waals surface area contributed by atoms with Gasteiger partial charge >= 0.3 is 5.97 Å². The molecule has 3 N–H and O–H groups in total. The van der Waals surface area contributed by atoms with Crippen LogP contribution in [0.4, 0.5) is 0 Å². The van der Waals surface area contributed by atoms with Gasteiger partial charge in [-0.1, -0.05) is 20.8 Å². The number of aliphatic hydroxyl groups is 3. The fraction of sp³-hybridized carbons (Fsp3) is 0.862. The Labute approximate surface area is 210 Å². The van der Waals surface area contributed by atoms with Crippen LogP contribution in [0.25, 0.3) is 0 Å². The van der Waals surface area contributed by atoms with E-state index >= 15 is 0 Å². The predicted molar refractivity (Wildman–Crippen MR) is 133 cm³/mol. The Morgan fingerprint density at radius 1 is 1.17 bits per heavy atom. The van der Waals surface area contributed by atoms with Crippen molar-refractivity contribution in [1.29, 1.82) is 0 Å². The lowest BCUT2D eigenvalue weighted by molar-refractivity contribution is -0.156. The summed E-state index contributed by atoms with van der Waals surface area (Å²) in [7, 11) is 0. The number of aliphatic hydroxyl groups excluding tert-OH is 1. The van der Waals surface area contributed by atoms with Gasteiger partial charge in [-0.2, -0.15) is 0 Å². The molecule has 0 bridgehead atoms. The summed E-state index contributed by atoms with van der Waals surface area (Å²) in [4.78, 5) is 25.3. The number of esters is 1. The zero-order valence-electron chi connectivity index (χ0n) is 22.5. The Balaban J connectivity index is 1.64. The number of fused-ring (bicyclic) bond motifs is 5. The van der Waals surface area contributed by atoms with Crippen LogP contribution in [0.15, 0.2) is 11.6 Å². The molecule has 4 aliphatic rings. The molecule has 2 unspecified atom stereocenters. The third kappa shape index (κ3) is 4.42. The molecule has 0 aliphatic heterocycles. The van der Waals surface area contributed by atoms with Gasteiger partial charge in [0.1, 0.15) is 6.10 Å². The maximum atomic E-state index is 13.3. The number of hydrogen-bond acceptors (Lipinski definition) is 6. The summed E-state index contributed by atoms with van der Waals surface area (Å²) in [6, 6.07) is 0. The molecule has 9 atom stereocenters. The second-order valence-electron chi connectivity index (χ2n) is 13.4. The lowest BCUT2D eigenvalue weighted by atomic mass is 9.46. The summed E-state index contributed by atoms with van der Waals surface area (Å²) in [5, 5.41) is 32.9. The van der Waals surface area contributed by atoms with Gasteiger partial charge in [0, 0.05) is 18.3 Å².